The molecule has 0 radical (unpaired) electrons. The molecule has 0 unspecified atom stereocenters. The van der Waals surface area contributed by atoms with Crippen LogP contribution in [0.15, 0.2) is 24.5 Å². The number of rotatable bonds is 19. The van der Waals surface area contributed by atoms with E-state index in [-0.39, 0.29) is 5.97 Å². The van der Waals surface area contributed by atoms with E-state index in [1.54, 1.807) is 6.92 Å². The van der Waals surface area contributed by atoms with Gasteiger partial charge < -0.3 is 4.74 Å². The minimum Gasteiger partial charge on any atom is -0.431 e. The summed E-state index contributed by atoms with van der Waals surface area (Å²) in [7, 11) is 0. The maximum atomic E-state index is 11.2. The van der Waals surface area contributed by atoms with Crippen molar-refractivity contribution in [3.05, 3.63) is 24.5 Å². The lowest BCUT2D eigenvalue weighted by molar-refractivity contribution is -0.133. The van der Waals surface area contributed by atoms with Crippen LogP contribution in [0.2, 0.25) is 0 Å². The Labute approximate surface area is 163 Å². The maximum absolute atomic E-state index is 11.2. The van der Waals surface area contributed by atoms with E-state index in [2.05, 4.69) is 13.5 Å². The van der Waals surface area contributed by atoms with Gasteiger partial charge in [0.25, 0.3) is 0 Å². The molecule has 0 spiro atoms. The summed E-state index contributed by atoms with van der Waals surface area (Å²) in [6.07, 6.45) is 26.7. The summed E-state index contributed by atoms with van der Waals surface area (Å²) in [5, 5.41) is 0. The van der Waals surface area contributed by atoms with Gasteiger partial charge in [-0.05, 0) is 25.8 Å². The number of hydrogen-bond donors (Lipinski definition) is 0. The first-order valence-electron chi connectivity index (χ1n) is 11.2. The standard InChI is InChI=1S/C24H44O2/c1-4-5-6-7-8-9-10-11-12-13-14-15-16-17-18-19-20-21-22-26-24(25)23(2)3/h21-22H,2,4-20H2,1,3H3/b22-21+. The Bertz CT molecular complexity index is 357. The molecule has 2 nitrogen and oxygen atoms in total. The minimum absolute atomic E-state index is 0.340. The highest BCUT2D eigenvalue weighted by atomic mass is 16.5. The molecule has 0 bridgehead atoms. The molecule has 0 aliphatic heterocycles. The second-order valence-electron chi connectivity index (χ2n) is 7.65. The molecule has 0 aromatic rings. The van der Waals surface area contributed by atoms with Crippen LogP contribution in [-0.2, 0) is 9.53 Å². The smallest absolute Gasteiger partial charge is 0.337 e. The van der Waals surface area contributed by atoms with Gasteiger partial charge in [-0.25, -0.2) is 4.79 Å². The molecule has 26 heavy (non-hydrogen) atoms. The van der Waals surface area contributed by atoms with Crippen molar-refractivity contribution in [2.45, 2.75) is 123 Å². The molecule has 0 rings (SSSR count). The number of ether oxygens (including phenoxy) is 1. The lowest BCUT2D eigenvalue weighted by atomic mass is 10.0. The van der Waals surface area contributed by atoms with Crippen molar-refractivity contribution in [2.24, 2.45) is 0 Å². The molecule has 0 aliphatic carbocycles. The van der Waals surface area contributed by atoms with Crippen molar-refractivity contribution < 1.29 is 9.53 Å². The number of esters is 1. The molecule has 0 saturated heterocycles. The number of allylic oxidation sites excluding steroid dienone is 1. The zero-order chi connectivity index (χ0) is 19.3. The molecule has 0 heterocycles. The summed E-state index contributed by atoms with van der Waals surface area (Å²) in [6, 6.07) is 0. The lowest BCUT2D eigenvalue weighted by Gasteiger charge is -2.03. The van der Waals surface area contributed by atoms with E-state index in [4.69, 9.17) is 4.74 Å². The van der Waals surface area contributed by atoms with Gasteiger partial charge >= 0.3 is 5.97 Å². The van der Waals surface area contributed by atoms with Crippen molar-refractivity contribution in [3.63, 3.8) is 0 Å². The zero-order valence-electron chi connectivity index (χ0n) is 17.7. The lowest BCUT2D eigenvalue weighted by Crippen LogP contribution is -1.98. The quantitative estimate of drug-likeness (QED) is 0.0997. The Morgan fingerprint density at radius 2 is 1.12 bits per heavy atom. The molecule has 0 aromatic carbocycles. The van der Waals surface area contributed by atoms with Crippen LogP contribution in [0.1, 0.15) is 123 Å². The SMILES string of the molecule is C=C(C)C(=O)O/C=C/CCCCCCCCCCCCCCCCCC. The first-order chi connectivity index (χ1) is 12.7. The van der Waals surface area contributed by atoms with Crippen LogP contribution in [0.25, 0.3) is 0 Å². The van der Waals surface area contributed by atoms with Crippen molar-refractivity contribution in [1.29, 1.82) is 0 Å². The van der Waals surface area contributed by atoms with Gasteiger partial charge in [-0.2, -0.15) is 0 Å². The third kappa shape index (κ3) is 19.3. The highest BCUT2D eigenvalue weighted by molar-refractivity contribution is 5.87. The largest absolute Gasteiger partial charge is 0.431 e. The van der Waals surface area contributed by atoms with Gasteiger partial charge in [0.1, 0.15) is 0 Å². The summed E-state index contributed by atoms with van der Waals surface area (Å²) in [6.45, 7) is 7.49. The van der Waals surface area contributed by atoms with E-state index >= 15 is 0 Å². The Morgan fingerprint density at radius 3 is 1.50 bits per heavy atom. The van der Waals surface area contributed by atoms with Gasteiger partial charge in [0.2, 0.25) is 0 Å². The van der Waals surface area contributed by atoms with Gasteiger partial charge in [-0.1, -0.05) is 110 Å². The molecule has 0 N–H and O–H groups in total. The van der Waals surface area contributed by atoms with E-state index < -0.39 is 0 Å². The van der Waals surface area contributed by atoms with Gasteiger partial charge in [-0.3, -0.25) is 0 Å². The second-order valence-corrected chi connectivity index (χ2v) is 7.65. The van der Waals surface area contributed by atoms with Gasteiger partial charge in [0, 0.05) is 5.57 Å². The molecule has 0 atom stereocenters. The molecular weight excluding hydrogens is 320 g/mol. The van der Waals surface area contributed by atoms with E-state index in [1.165, 1.54) is 109 Å². The minimum atomic E-state index is -0.340. The van der Waals surface area contributed by atoms with Crippen LogP contribution in [0.3, 0.4) is 0 Å². The topological polar surface area (TPSA) is 26.3 Å². The fourth-order valence-corrected chi connectivity index (χ4v) is 3.09. The molecule has 0 aromatic heterocycles. The van der Waals surface area contributed by atoms with Gasteiger partial charge in [0.15, 0.2) is 0 Å². The molecule has 0 aliphatic rings. The van der Waals surface area contributed by atoms with E-state index in [0.29, 0.717) is 5.57 Å². The number of unbranched alkanes of at least 4 members (excludes halogenated alkanes) is 16. The van der Waals surface area contributed by atoms with Crippen molar-refractivity contribution in [3.8, 4) is 0 Å². The van der Waals surface area contributed by atoms with E-state index in [1.807, 2.05) is 6.08 Å². The summed E-state index contributed by atoms with van der Waals surface area (Å²) in [4.78, 5) is 11.2. The Morgan fingerprint density at radius 1 is 0.731 bits per heavy atom. The van der Waals surface area contributed by atoms with E-state index in [0.717, 1.165) is 6.42 Å². The molecule has 152 valence electrons. The van der Waals surface area contributed by atoms with Crippen LogP contribution in [0.5, 0.6) is 0 Å². The first kappa shape index (κ1) is 24.9. The predicted molar refractivity (Wildman–Crippen MR) is 114 cm³/mol. The summed E-state index contributed by atoms with van der Waals surface area (Å²) in [5.74, 6) is -0.340. The highest BCUT2D eigenvalue weighted by Crippen LogP contribution is 2.14. The zero-order valence-corrected chi connectivity index (χ0v) is 17.7. The number of carbonyl (C=O) groups is 1. The Hall–Kier alpha value is -1.05. The summed E-state index contributed by atoms with van der Waals surface area (Å²) < 4.78 is 4.91. The number of carbonyl (C=O) groups excluding carboxylic acids is 1. The van der Waals surface area contributed by atoms with Gasteiger partial charge in [-0.15, -0.1) is 0 Å². The van der Waals surface area contributed by atoms with Crippen LogP contribution in [-0.4, -0.2) is 5.97 Å². The molecule has 0 fully saturated rings. The molecule has 0 amide bonds. The predicted octanol–water partition coefficient (Wildman–Crippen LogP) is 8.27. The third-order valence-corrected chi connectivity index (χ3v) is 4.84. The summed E-state index contributed by atoms with van der Waals surface area (Å²) in [5.41, 5.74) is 0.442. The number of hydrogen-bond acceptors (Lipinski definition) is 2. The second kappa shape index (κ2) is 20.3. The average Bonchev–Trinajstić information content (AvgIpc) is 2.63. The van der Waals surface area contributed by atoms with Crippen LogP contribution in [0.4, 0.5) is 0 Å². The average molecular weight is 365 g/mol. The van der Waals surface area contributed by atoms with Crippen LogP contribution in [0, 0.1) is 0 Å². The van der Waals surface area contributed by atoms with Crippen molar-refractivity contribution in [1.82, 2.24) is 0 Å². The molecule has 2 heteroatoms. The van der Waals surface area contributed by atoms with Crippen molar-refractivity contribution in [2.75, 3.05) is 0 Å². The fraction of sp³-hybridized carbons (Fsp3) is 0.792. The van der Waals surface area contributed by atoms with Gasteiger partial charge in [0.05, 0.1) is 6.26 Å². The molecule has 0 saturated carbocycles. The Balaban J connectivity index is 3.12. The summed E-state index contributed by atoms with van der Waals surface area (Å²) >= 11 is 0. The Kier molecular flexibility index (Phi) is 19.4. The molecular formula is C24H44O2. The van der Waals surface area contributed by atoms with E-state index in [9.17, 15) is 4.79 Å². The monoisotopic (exact) mass is 364 g/mol. The van der Waals surface area contributed by atoms with Crippen LogP contribution < -0.4 is 0 Å². The maximum Gasteiger partial charge on any atom is 0.337 e. The third-order valence-electron chi connectivity index (χ3n) is 4.84. The van der Waals surface area contributed by atoms with Crippen LogP contribution >= 0.6 is 0 Å². The highest BCUT2D eigenvalue weighted by Gasteiger charge is 1.98. The normalized spacial score (nSPS) is 11.2. The van der Waals surface area contributed by atoms with Crippen molar-refractivity contribution >= 4 is 5.97 Å². The fourth-order valence-electron chi connectivity index (χ4n) is 3.09. The first-order valence-corrected chi connectivity index (χ1v) is 11.2.